The van der Waals surface area contributed by atoms with Crippen molar-refractivity contribution in [2.45, 2.75) is 26.3 Å². The Hall–Kier alpha value is -0.430. The smallest absolute Gasteiger partial charge is 0.212 e. The average molecular weight is 276 g/mol. The van der Waals surface area contributed by atoms with Gasteiger partial charge in [-0.2, -0.15) is 11.3 Å². The summed E-state index contributed by atoms with van der Waals surface area (Å²) in [6.45, 7) is 5.48. The molecule has 6 heteroatoms. The van der Waals surface area contributed by atoms with Crippen LogP contribution in [0.4, 0.5) is 0 Å². The molecule has 98 valence electrons. The van der Waals surface area contributed by atoms with Gasteiger partial charge in [0.25, 0.3) is 0 Å². The highest BCUT2D eigenvalue weighted by atomic mass is 32.2. The van der Waals surface area contributed by atoms with Crippen molar-refractivity contribution in [1.82, 2.24) is 10.0 Å². The summed E-state index contributed by atoms with van der Waals surface area (Å²) in [4.78, 5) is 0. The summed E-state index contributed by atoms with van der Waals surface area (Å²) in [5, 5.41) is 7.02. The van der Waals surface area contributed by atoms with Crippen molar-refractivity contribution in [1.29, 1.82) is 0 Å². The van der Waals surface area contributed by atoms with Crippen molar-refractivity contribution in [2.75, 3.05) is 18.8 Å². The van der Waals surface area contributed by atoms with Gasteiger partial charge in [0.2, 0.25) is 10.0 Å². The largest absolute Gasteiger partial charge is 0.317 e. The predicted molar refractivity (Wildman–Crippen MR) is 72.8 cm³/mol. The molecule has 0 amide bonds. The fourth-order valence-electron chi connectivity index (χ4n) is 1.48. The van der Waals surface area contributed by atoms with E-state index in [1.54, 1.807) is 11.3 Å². The molecule has 0 aliphatic carbocycles. The van der Waals surface area contributed by atoms with E-state index in [0.717, 1.165) is 18.7 Å². The van der Waals surface area contributed by atoms with Crippen molar-refractivity contribution >= 4 is 21.4 Å². The highest BCUT2D eigenvalue weighted by molar-refractivity contribution is 7.89. The van der Waals surface area contributed by atoms with Crippen LogP contribution in [-0.2, 0) is 10.0 Å². The Morgan fingerprint density at radius 2 is 2.24 bits per heavy atom. The van der Waals surface area contributed by atoms with Crippen LogP contribution in [0.3, 0.4) is 0 Å². The number of rotatable bonds is 8. The predicted octanol–water partition coefficient (Wildman–Crippen LogP) is 1.73. The monoisotopic (exact) mass is 276 g/mol. The Labute approximate surface area is 107 Å². The Kier molecular flexibility index (Phi) is 6.11. The van der Waals surface area contributed by atoms with Gasteiger partial charge < -0.3 is 5.32 Å². The second-order valence-electron chi connectivity index (χ2n) is 3.92. The van der Waals surface area contributed by atoms with Gasteiger partial charge in [0.1, 0.15) is 0 Å². The molecular formula is C11H20N2O2S2. The Morgan fingerprint density at radius 3 is 2.82 bits per heavy atom. The highest BCUT2D eigenvalue weighted by Gasteiger charge is 2.15. The fraction of sp³-hybridized carbons (Fsp3) is 0.636. The zero-order valence-electron chi connectivity index (χ0n) is 10.3. The van der Waals surface area contributed by atoms with E-state index >= 15 is 0 Å². The molecule has 1 heterocycles. The lowest BCUT2D eigenvalue weighted by Gasteiger charge is -2.13. The molecule has 0 aromatic carbocycles. The van der Waals surface area contributed by atoms with Crippen molar-refractivity contribution in [2.24, 2.45) is 0 Å². The van der Waals surface area contributed by atoms with Crippen LogP contribution in [0.15, 0.2) is 16.8 Å². The minimum absolute atomic E-state index is 0.148. The summed E-state index contributed by atoms with van der Waals surface area (Å²) in [5.74, 6) is 0.175. The number of hydrogen-bond acceptors (Lipinski definition) is 4. The summed E-state index contributed by atoms with van der Waals surface area (Å²) >= 11 is 1.57. The van der Waals surface area contributed by atoms with Crippen LogP contribution < -0.4 is 10.0 Å². The van der Waals surface area contributed by atoms with Crippen LogP contribution in [0.2, 0.25) is 0 Å². The van der Waals surface area contributed by atoms with E-state index in [0.29, 0.717) is 6.42 Å². The normalized spacial score (nSPS) is 13.8. The Bertz CT molecular complexity index is 401. The minimum atomic E-state index is -3.17. The van der Waals surface area contributed by atoms with E-state index in [1.165, 1.54) is 0 Å². The standard InChI is InChI=1S/C11H20N2O2S2/c1-3-12-6-4-8-17(14,15)13-10(2)11-5-7-16-9-11/h5,7,9-10,12-13H,3-4,6,8H2,1-2H3. The molecule has 0 saturated carbocycles. The summed E-state index contributed by atoms with van der Waals surface area (Å²) in [5.41, 5.74) is 1.02. The molecule has 2 N–H and O–H groups in total. The minimum Gasteiger partial charge on any atom is -0.317 e. The van der Waals surface area contributed by atoms with Gasteiger partial charge in [0, 0.05) is 6.04 Å². The topological polar surface area (TPSA) is 58.2 Å². The Morgan fingerprint density at radius 1 is 1.47 bits per heavy atom. The first-order valence-electron chi connectivity index (χ1n) is 5.78. The van der Waals surface area contributed by atoms with Gasteiger partial charge >= 0.3 is 0 Å². The maximum Gasteiger partial charge on any atom is 0.212 e. The van der Waals surface area contributed by atoms with Gasteiger partial charge in [-0.1, -0.05) is 6.92 Å². The molecule has 1 aromatic heterocycles. The van der Waals surface area contributed by atoms with Gasteiger partial charge in [-0.25, -0.2) is 13.1 Å². The Balaban J connectivity index is 2.38. The second kappa shape index (κ2) is 7.10. The van der Waals surface area contributed by atoms with Crippen LogP contribution in [0.1, 0.15) is 31.9 Å². The third-order valence-corrected chi connectivity index (χ3v) is 4.66. The van der Waals surface area contributed by atoms with Crippen LogP contribution in [-0.4, -0.2) is 27.3 Å². The molecule has 0 saturated heterocycles. The number of nitrogens with one attached hydrogen (secondary N) is 2. The van der Waals surface area contributed by atoms with E-state index in [9.17, 15) is 8.42 Å². The van der Waals surface area contributed by atoms with Gasteiger partial charge in [-0.3, -0.25) is 0 Å². The summed E-state index contributed by atoms with van der Waals surface area (Å²) < 4.78 is 26.2. The molecule has 1 aromatic rings. The lowest BCUT2D eigenvalue weighted by Crippen LogP contribution is -2.30. The molecule has 1 atom stereocenters. The summed E-state index contributed by atoms with van der Waals surface area (Å²) in [7, 11) is -3.17. The second-order valence-corrected chi connectivity index (χ2v) is 6.58. The first-order chi connectivity index (χ1) is 8.05. The van der Waals surface area contributed by atoms with Crippen molar-refractivity contribution in [3.8, 4) is 0 Å². The highest BCUT2D eigenvalue weighted by Crippen LogP contribution is 2.16. The number of hydrogen-bond donors (Lipinski definition) is 2. The van der Waals surface area contributed by atoms with Gasteiger partial charge in [0.05, 0.1) is 5.75 Å². The summed E-state index contributed by atoms with van der Waals surface area (Å²) in [6, 6.07) is 1.79. The molecule has 1 unspecified atom stereocenters. The van der Waals surface area contributed by atoms with Crippen molar-refractivity contribution in [3.63, 3.8) is 0 Å². The van der Waals surface area contributed by atoms with Crippen LogP contribution in [0.5, 0.6) is 0 Å². The summed E-state index contributed by atoms with van der Waals surface area (Å²) in [6.07, 6.45) is 0.638. The molecule has 17 heavy (non-hydrogen) atoms. The molecule has 0 spiro atoms. The van der Waals surface area contributed by atoms with Crippen LogP contribution in [0, 0.1) is 0 Å². The van der Waals surface area contributed by atoms with Gasteiger partial charge in [-0.15, -0.1) is 0 Å². The van der Waals surface area contributed by atoms with E-state index in [1.807, 2.05) is 30.7 Å². The van der Waals surface area contributed by atoms with Crippen molar-refractivity contribution < 1.29 is 8.42 Å². The molecular weight excluding hydrogens is 256 g/mol. The third-order valence-electron chi connectivity index (χ3n) is 2.42. The first-order valence-corrected chi connectivity index (χ1v) is 8.37. The zero-order valence-corrected chi connectivity index (χ0v) is 11.9. The van der Waals surface area contributed by atoms with Gasteiger partial charge in [0.15, 0.2) is 0 Å². The van der Waals surface area contributed by atoms with E-state index in [4.69, 9.17) is 0 Å². The number of sulfonamides is 1. The molecule has 1 rings (SSSR count). The first kappa shape index (κ1) is 14.6. The third kappa shape index (κ3) is 5.63. The quantitative estimate of drug-likeness (QED) is 0.711. The van der Waals surface area contributed by atoms with Gasteiger partial charge in [-0.05, 0) is 48.8 Å². The molecule has 4 nitrogen and oxygen atoms in total. The lowest BCUT2D eigenvalue weighted by molar-refractivity contribution is 0.562. The molecule has 0 bridgehead atoms. The lowest BCUT2D eigenvalue weighted by atomic mass is 10.2. The van der Waals surface area contributed by atoms with E-state index < -0.39 is 10.0 Å². The number of thiophene rings is 1. The molecule has 0 radical (unpaired) electrons. The van der Waals surface area contributed by atoms with E-state index in [-0.39, 0.29) is 11.8 Å². The average Bonchev–Trinajstić information content (AvgIpc) is 2.77. The molecule has 0 fully saturated rings. The van der Waals surface area contributed by atoms with E-state index in [2.05, 4.69) is 10.0 Å². The van der Waals surface area contributed by atoms with Crippen molar-refractivity contribution in [3.05, 3.63) is 22.4 Å². The zero-order chi connectivity index (χ0) is 12.7. The molecule has 0 aliphatic rings. The maximum absolute atomic E-state index is 11.8. The molecule has 0 aliphatic heterocycles. The SMILES string of the molecule is CCNCCCS(=O)(=O)NC(C)c1ccsc1. The fourth-order valence-corrected chi connectivity index (χ4v) is 3.55. The maximum atomic E-state index is 11.8. The van der Waals surface area contributed by atoms with Crippen LogP contribution >= 0.6 is 11.3 Å². The van der Waals surface area contributed by atoms with Crippen LogP contribution in [0.25, 0.3) is 0 Å².